The molecule has 5 nitrogen and oxygen atoms in total. The molecule has 0 aliphatic carbocycles. The zero-order chi connectivity index (χ0) is 18.3. The van der Waals surface area contributed by atoms with Crippen LogP contribution in [0.2, 0.25) is 5.02 Å². The Morgan fingerprint density at radius 1 is 1.23 bits per heavy atom. The molecule has 0 N–H and O–H groups in total. The van der Waals surface area contributed by atoms with Crippen molar-refractivity contribution < 1.29 is 4.79 Å². The Labute approximate surface area is 161 Å². The minimum absolute atomic E-state index is 0.132. The molecule has 1 saturated heterocycles. The molecule has 0 atom stereocenters. The average Bonchev–Trinajstić information content (AvgIpc) is 3.17. The smallest absolute Gasteiger partial charge is 0.264 e. The highest BCUT2D eigenvalue weighted by atomic mass is 35.5. The molecule has 2 aromatic heterocycles. The van der Waals surface area contributed by atoms with Crippen LogP contribution >= 0.6 is 22.9 Å². The van der Waals surface area contributed by atoms with Crippen LogP contribution in [0.3, 0.4) is 0 Å². The summed E-state index contributed by atoms with van der Waals surface area (Å²) < 4.78 is 1.86. The lowest BCUT2D eigenvalue weighted by Crippen LogP contribution is -2.48. The van der Waals surface area contributed by atoms with Crippen molar-refractivity contribution in [2.75, 3.05) is 26.2 Å². The molecule has 1 amide bonds. The Morgan fingerprint density at radius 3 is 2.69 bits per heavy atom. The number of amides is 1. The summed E-state index contributed by atoms with van der Waals surface area (Å²) in [4.78, 5) is 19.1. The molecule has 0 bridgehead atoms. The van der Waals surface area contributed by atoms with Crippen LogP contribution in [0.4, 0.5) is 0 Å². The number of thiophene rings is 1. The molecule has 1 fully saturated rings. The molecule has 1 aromatic carbocycles. The summed E-state index contributed by atoms with van der Waals surface area (Å²) in [5.74, 6) is 0.132. The minimum Gasteiger partial charge on any atom is -0.335 e. The molecular formula is C19H21ClN4OS. The van der Waals surface area contributed by atoms with Gasteiger partial charge in [-0.2, -0.15) is 5.10 Å². The molecule has 136 valence electrons. The standard InChI is InChI=1S/C19H21ClN4OS/c1-13-16-11-17(26-19(16)22(2)21-13)18(25)24-8-6-23(7-9-24)12-14-4-3-5-15(20)10-14/h3-5,10-11H,6-9,12H2,1-2H3. The van der Waals surface area contributed by atoms with E-state index in [1.807, 2.05) is 47.8 Å². The number of carbonyl (C=O) groups is 1. The van der Waals surface area contributed by atoms with Gasteiger partial charge in [0.2, 0.25) is 0 Å². The maximum Gasteiger partial charge on any atom is 0.264 e. The Morgan fingerprint density at radius 2 is 2.00 bits per heavy atom. The van der Waals surface area contributed by atoms with Crippen molar-refractivity contribution in [1.29, 1.82) is 0 Å². The number of halogens is 1. The fourth-order valence-corrected chi connectivity index (χ4v) is 4.77. The molecule has 4 rings (SSSR count). The van der Waals surface area contributed by atoms with E-state index < -0.39 is 0 Å². The summed E-state index contributed by atoms with van der Waals surface area (Å²) in [6, 6.07) is 9.96. The van der Waals surface area contributed by atoms with E-state index in [4.69, 9.17) is 11.6 Å². The lowest BCUT2D eigenvalue weighted by molar-refractivity contribution is 0.0633. The third-order valence-electron chi connectivity index (χ3n) is 4.86. The van der Waals surface area contributed by atoms with E-state index in [9.17, 15) is 4.79 Å². The second kappa shape index (κ2) is 7.02. The number of benzene rings is 1. The first kappa shape index (κ1) is 17.5. The number of carbonyl (C=O) groups excluding carboxylic acids is 1. The Balaban J connectivity index is 1.40. The summed E-state index contributed by atoms with van der Waals surface area (Å²) in [7, 11) is 1.93. The van der Waals surface area contributed by atoms with E-state index in [0.717, 1.165) is 58.5 Å². The lowest BCUT2D eigenvalue weighted by atomic mass is 10.2. The zero-order valence-corrected chi connectivity index (χ0v) is 16.5. The number of fused-ring (bicyclic) bond motifs is 1. The van der Waals surface area contributed by atoms with Gasteiger partial charge in [0, 0.05) is 50.2 Å². The molecule has 26 heavy (non-hydrogen) atoms. The number of hydrogen-bond acceptors (Lipinski definition) is 4. The predicted molar refractivity (Wildman–Crippen MR) is 106 cm³/mol. The third kappa shape index (κ3) is 3.37. The fourth-order valence-electron chi connectivity index (χ4n) is 3.47. The summed E-state index contributed by atoms with van der Waals surface area (Å²) in [5.41, 5.74) is 2.19. The summed E-state index contributed by atoms with van der Waals surface area (Å²) in [5, 5.41) is 6.26. The van der Waals surface area contributed by atoms with Crippen LogP contribution in [0, 0.1) is 6.92 Å². The lowest BCUT2D eigenvalue weighted by Gasteiger charge is -2.34. The van der Waals surface area contributed by atoms with Gasteiger partial charge in [0.1, 0.15) is 4.83 Å². The van der Waals surface area contributed by atoms with Crippen molar-refractivity contribution in [2.45, 2.75) is 13.5 Å². The first-order valence-corrected chi connectivity index (χ1v) is 9.90. The molecule has 0 unspecified atom stereocenters. The second-order valence-electron chi connectivity index (χ2n) is 6.74. The Bertz CT molecular complexity index is 921. The van der Waals surface area contributed by atoms with E-state index >= 15 is 0 Å². The van der Waals surface area contributed by atoms with Crippen LogP contribution in [-0.2, 0) is 13.6 Å². The van der Waals surface area contributed by atoms with Gasteiger partial charge >= 0.3 is 0 Å². The highest BCUT2D eigenvalue weighted by Crippen LogP contribution is 2.28. The topological polar surface area (TPSA) is 41.4 Å². The van der Waals surface area contributed by atoms with Crippen LogP contribution in [0.15, 0.2) is 30.3 Å². The van der Waals surface area contributed by atoms with Gasteiger partial charge in [0.15, 0.2) is 0 Å². The second-order valence-corrected chi connectivity index (χ2v) is 8.20. The molecule has 3 heterocycles. The van der Waals surface area contributed by atoms with Gasteiger partial charge in [-0.3, -0.25) is 14.4 Å². The van der Waals surface area contributed by atoms with E-state index in [-0.39, 0.29) is 5.91 Å². The van der Waals surface area contributed by atoms with E-state index in [1.165, 1.54) is 16.9 Å². The number of nitrogens with zero attached hydrogens (tertiary/aromatic N) is 4. The van der Waals surface area contributed by atoms with Gasteiger partial charge in [-0.25, -0.2) is 0 Å². The van der Waals surface area contributed by atoms with Crippen LogP contribution < -0.4 is 0 Å². The summed E-state index contributed by atoms with van der Waals surface area (Å²) in [6.45, 7) is 6.12. The maximum atomic E-state index is 12.9. The Hall–Kier alpha value is -1.89. The molecule has 1 aliphatic heterocycles. The molecule has 0 spiro atoms. The third-order valence-corrected chi connectivity index (χ3v) is 6.29. The van der Waals surface area contributed by atoms with E-state index in [2.05, 4.69) is 16.1 Å². The van der Waals surface area contributed by atoms with E-state index in [1.54, 1.807) is 0 Å². The number of aromatic nitrogens is 2. The number of rotatable bonds is 3. The number of hydrogen-bond donors (Lipinski definition) is 0. The zero-order valence-electron chi connectivity index (χ0n) is 14.9. The van der Waals surface area contributed by atoms with Gasteiger partial charge in [-0.05, 0) is 30.7 Å². The molecule has 1 aliphatic rings. The molecule has 3 aromatic rings. The van der Waals surface area contributed by atoms with Crippen molar-refractivity contribution in [3.8, 4) is 0 Å². The van der Waals surface area contributed by atoms with Crippen molar-refractivity contribution in [2.24, 2.45) is 7.05 Å². The first-order valence-electron chi connectivity index (χ1n) is 8.70. The van der Waals surface area contributed by atoms with Crippen molar-refractivity contribution in [3.05, 3.63) is 51.5 Å². The van der Waals surface area contributed by atoms with Gasteiger partial charge in [-0.1, -0.05) is 23.7 Å². The van der Waals surface area contributed by atoms with Crippen molar-refractivity contribution >= 4 is 39.1 Å². The van der Waals surface area contributed by atoms with Crippen molar-refractivity contribution in [1.82, 2.24) is 19.6 Å². The molecule has 7 heteroatoms. The Kier molecular flexibility index (Phi) is 4.73. The quantitative estimate of drug-likeness (QED) is 0.689. The van der Waals surface area contributed by atoms with E-state index in [0.29, 0.717) is 0 Å². The highest BCUT2D eigenvalue weighted by molar-refractivity contribution is 7.20. The average molecular weight is 389 g/mol. The molecule has 0 radical (unpaired) electrons. The van der Waals surface area contributed by atoms with Crippen molar-refractivity contribution in [3.63, 3.8) is 0 Å². The summed E-state index contributed by atoms with van der Waals surface area (Å²) in [6.07, 6.45) is 0. The first-order chi connectivity index (χ1) is 12.5. The minimum atomic E-state index is 0.132. The van der Waals surface area contributed by atoms with Crippen LogP contribution in [0.1, 0.15) is 20.9 Å². The van der Waals surface area contributed by atoms with Crippen LogP contribution in [0.25, 0.3) is 10.2 Å². The largest absolute Gasteiger partial charge is 0.335 e. The van der Waals surface area contributed by atoms with Crippen LogP contribution in [-0.4, -0.2) is 51.7 Å². The SMILES string of the molecule is Cc1nn(C)c2sc(C(=O)N3CCN(Cc4cccc(Cl)c4)CC3)cc12. The normalized spacial score (nSPS) is 15.7. The maximum absolute atomic E-state index is 12.9. The molecule has 0 saturated carbocycles. The number of piperazine rings is 1. The van der Waals surface area contributed by atoms with Gasteiger partial charge in [-0.15, -0.1) is 11.3 Å². The monoisotopic (exact) mass is 388 g/mol. The number of aryl methyl sites for hydroxylation is 2. The summed E-state index contributed by atoms with van der Waals surface area (Å²) >= 11 is 7.60. The van der Waals surface area contributed by atoms with Gasteiger partial charge in [0.05, 0.1) is 10.6 Å². The van der Waals surface area contributed by atoms with Gasteiger partial charge in [0.25, 0.3) is 5.91 Å². The molecular weight excluding hydrogens is 368 g/mol. The fraction of sp³-hybridized carbons (Fsp3) is 0.368. The predicted octanol–water partition coefficient (Wildman–Crippen LogP) is 3.55. The van der Waals surface area contributed by atoms with Crippen LogP contribution in [0.5, 0.6) is 0 Å². The van der Waals surface area contributed by atoms with Gasteiger partial charge < -0.3 is 4.90 Å². The highest BCUT2D eigenvalue weighted by Gasteiger charge is 2.24.